The molecule has 0 spiro atoms. The lowest BCUT2D eigenvalue weighted by Gasteiger charge is -2.09. The molecule has 19 heavy (non-hydrogen) atoms. The molecular formula is C16H16O2S. The summed E-state index contributed by atoms with van der Waals surface area (Å²) in [5.74, 6) is 0.517. The van der Waals surface area contributed by atoms with Crippen LogP contribution in [0.2, 0.25) is 0 Å². The highest BCUT2D eigenvalue weighted by molar-refractivity contribution is 7.84. The van der Waals surface area contributed by atoms with Gasteiger partial charge in [-0.3, -0.25) is 9.00 Å². The second-order valence-electron chi connectivity index (χ2n) is 4.45. The van der Waals surface area contributed by atoms with Gasteiger partial charge in [-0.1, -0.05) is 54.6 Å². The van der Waals surface area contributed by atoms with Crippen molar-refractivity contribution in [3.63, 3.8) is 0 Å². The minimum Gasteiger partial charge on any atom is -0.299 e. The molecule has 1 atom stereocenters. The minimum atomic E-state index is -1.13. The predicted molar refractivity (Wildman–Crippen MR) is 79.3 cm³/mol. The van der Waals surface area contributed by atoms with Gasteiger partial charge < -0.3 is 0 Å². The first-order valence-electron chi connectivity index (χ1n) is 6.14. The van der Waals surface area contributed by atoms with Gasteiger partial charge >= 0.3 is 0 Å². The average molecular weight is 272 g/mol. The van der Waals surface area contributed by atoms with E-state index in [4.69, 9.17) is 0 Å². The van der Waals surface area contributed by atoms with Crippen LogP contribution in [0.15, 0.2) is 54.6 Å². The zero-order valence-electron chi connectivity index (χ0n) is 10.8. The third-order valence-corrected chi connectivity index (χ3v) is 4.14. The van der Waals surface area contributed by atoms with Gasteiger partial charge in [0.25, 0.3) is 0 Å². The van der Waals surface area contributed by atoms with E-state index in [0.717, 1.165) is 16.7 Å². The highest BCUT2D eigenvalue weighted by Gasteiger charge is 2.09. The average Bonchev–Trinajstić information content (AvgIpc) is 2.39. The molecule has 2 nitrogen and oxygen atoms in total. The summed E-state index contributed by atoms with van der Waals surface area (Å²) in [6.07, 6.45) is 0. The van der Waals surface area contributed by atoms with E-state index in [-0.39, 0.29) is 11.5 Å². The summed E-state index contributed by atoms with van der Waals surface area (Å²) in [7, 11) is -1.13. The molecule has 0 saturated carbocycles. The van der Waals surface area contributed by atoms with Gasteiger partial charge in [0.05, 0.1) is 5.75 Å². The Labute approximate surface area is 115 Å². The molecule has 98 valence electrons. The molecule has 0 bridgehead atoms. The molecule has 0 fully saturated rings. The maximum atomic E-state index is 11.9. The molecule has 2 aromatic rings. The fraction of sp³-hybridized carbons (Fsp3) is 0.188. The van der Waals surface area contributed by atoms with E-state index in [9.17, 15) is 9.00 Å². The van der Waals surface area contributed by atoms with E-state index in [2.05, 4.69) is 0 Å². The van der Waals surface area contributed by atoms with Crippen LogP contribution in [0.25, 0.3) is 11.1 Å². The molecule has 3 heteroatoms. The van der Waals surface area contributed by atoms with Crippen molar-refractivity contribution in [2.45, 2.75) is 12.7 Å². The zero-order valence-corrected chi connectivity index (χ0v) is 11.7. The summed E-state index contributed by atoms with van der Waals surface area (Å²) in [4.78, 5) is 11.0. The van der Waals surface area contributed by atoms with Gasteiger partial charge in [-0.25, -0.2) is 0 Å². The van der Waals surface area contributed by atoms with Crippen molar-refractivity contribution in [3.8, 4) is 11.1 Å². The van der Waals surface area contributed by atoms with Crippen LogP contribution in [0.1, 0.15) is 12.5 Å². The Morgan fingerprint density at radius 3 is 2.32 bits per heavy atom. The fourth-order valence-corrected chi connectivity index (χ4v) is 3.15. The Kier molecular flexibility index (Phi) is 4.63. The molecule has 2 rings (SSSR count). The summed E-state index contributed by atoms with van der Waals surface area (Å²) in [5.41, 5.74) is 3.21. The summed E-state index contributed by atoms with van der Waals surface area (Å²) < 4.78 is 11.9. The molecule has 2 aromatic carbocycles. The van der Waals surface area contributed by atoms with E-state index >= 15 is 0 Å². The predicted octanol–water partition coefficient (Wildman–Crippen LogP) is 3.19. The largest absolute Gasteiger partial charge is 0.299 e. The first kappa shape index (κ1) is 13.7. The summed E-state index contributed by atoms with van der Waals surface area (Å²) >= 11 is 0. The molecular weight excluding hydrogens is 256 g/mol. The van der Waals surface area contributed by atoms with Crippen LogP contribution in [-0.2, 0) is 21.3 Å². The second kappa shape index (κ2) is 6.43. The van der Waals surface area contributed by atoms with E-state index in [1.165, 1.54) is 6.92 Å². The molecule has 0 N–H and O–H groups in total. The lowest BCUT2D eigenvalue weighted by Crippen LogP contribution is -2.08. The van der Waals surface area contributed by atoms with Gasteiger partial charge in [0.15, 0.2) is 0 Å². The van der Waals surface area contributed by atoms with Gasteiger partial charge in [0.2, 0.25) is 0 Å². The summed E-state index contributed by atoms with van der Waals surface area (Å²) in [6, 6.07) is 17.9. The van der Waals surface area contributed by atoms with Crippen molar-refractivity contribution < 1.29 is 9.00 Å². The van der Waals surface area contributed by atoms with Crippen molar-refractivity contribution in [2.24, 2.45) is 0 Å². The number of carbonyl (C=O) groups excluding carboxylic acids is 1. The Morgan fingerprint density at radius 2 is 1.63 bits per heavy atom. The van der Waals surface area contributed by atoms with Crippen molar-refractivity contribution in [1.29, 1.82) is 0 Å². The number of benzene rings is 2. The Balaban J connectivity index is 2.27. The third kappa shape index (κ3) is 3.86. The number of hydrogen-bond donors (Lipinski definition) is 0. The van der Waals surface area contributed by atoms with E-state index < -0.39 is 10.8 Å². The van der Waals surface area contributed by atoms with Crippen molar-refractivity contribution in [2.75, 3.05) is 5.75 Å². The van der Waals surface area contributed by atoms with Gasteiger partial charge in [-0.05, 0) is 23.6 Å². The van der Waals surface area contributed by atoms with Crippen LogP contribution in [0, 0.1) is 0 Å². The molecule has 0 heterocycles. The normalized spacial score (nSPS) is 12.1. The monoisotopic (exact) mass is 272 g/mol. The van der Waals surface area contributed by atoms with Crippen LogP contribution in [0.3, 0.4) is 0 Å². The maximum Gasteiger partial charge on any atom is 0.142 e. The van der Waals surface area contributed by atoms with Gasteiger partial charge in [-0.2, -0.15) is 0 Å². The second-order valence-corrected chi connectivity index (χ2v) is 5.91. The highest BCUT2D eigenvalue weighted by Crippen LogP contribution is 2.24. The van der Waals surface area contributed by atoms with Crippen molar-refractivity contribution >= 4 is 16.6 Å². The molecule has 0 aromatic heterocycles. The molecule has 0 saturated heterocycles. The van der Waals surface area contributed by atoms with Crippen LogP contribution < -0.4 is 0 Å². The van der Waals surface area contributed by atoms with Gasteiger partial charge in [0.1, 0.15) is 5.78 Å². The molecule has 0 radical (unpaired) electrons. The lowest BCUT2D eigenvalue weighted by molar-refractivity contribution is -0.114. The number of rotatable bonds is 5. The quantitative estimate of drug-likeness (QED) is 0.837. The first-order chi connectivity index (χ1) is 9.16. The fourth-order valence-electron chi connectivity index (χ4n) is 2.00. The van der Waals surface area contributed by atoms with Gasteiger partial charge in [-0.15, -0.1) is 0 Å². The first-order valence-corrected chi connectivity index (χ1v) is 7.63. The number of ketones is 1. The van der Waals surface area contributed by atoms with E-state index in [1.807, 2.05) is 54.6 Å². The Morgan fingerprint density at radius 1 is 1.00 bits per heavy atom. The molecule has 0 amide bonds. The van der Waals surface area contributed by atoms with E-state index in [0.29, 0.717) is 5.75 Å². The molecule has 1 unspecified atom stereocenters. The highest BCUT2D eigenvalue weighted by atomic mass is 32.2. The van der Waals surface area contributed by atoms with Crippen molar-refractivity contribution in [3.05, 3.63) is 60.2 Å². The maximum absolute atomic E-state index is 11.9. The van der Waals surface area contributed by atoms with Gasteiger partial charge in [0, 0.05) is 16.6 Å². The summed E-state index contributed by atoms with van der Waals surface area (Å²) in [6.45, 7) is 1.47. The number of hydrogen-bond acceptors (Lipinski definition) is 2. The molecule has 0 aliphatic carbocycles. The van der Waals surface area contributed by atoms with Crippen LogP contribution in [0.5, 0.6) is 0 Å². The van der Waals surface area contributed by atoms with Crippen LogP contribution in [0.4, 0.5) is 0 Å². The van der Waals surface area contributed by atoms with Crippen LogP contribution >= 0.6 is 0 Å². The third-order valence-electron chi connectivity index (χ3n) is 2.78. The lowest BCUT2D eigenvalue weighted by atomic mass is 10.0. The van der Waals surface area contributed by atoms with Crippen LogP contribution in [-0.4, -0.2) is 15.7 Å². The minimum absolute atomic E-state index is 0.0319. The molecule has 0 aliphatic heterocycles. The van der Waals surface area contributed by atoms with Crippen molar-refractivity contribution in [1.82, 2.24) is 0 Å². The standard InChI is InChI=1S/C16H16O2S/c1-13(17)11-19(18)12-15-9-5-6-10-16(15)14-7-3-2-4-8-14/h2-10H,11-12H2,1H3. The Hall–Kier alpha value is -1.74. The SMILES string of the molecule is CC(=O)CS(=O)Cc1ccccc1-c1ccccc1. The topological polar surface area (TPSA) is 34.1 Å². The molecule has 0 aliphatic rings. The number of carbonyl (C=O) groups is 1. The van der Waals surface area contributed by atoms with E-state index in [1.54, 1.807) is 0 Å². The Bertz CT molecular complexity index is 591. The summed E-state index contributed by atoms with van der Waals surface area (Å²) in [5, 5.41) is 0. The number of Topliss-reactive ketones (excluding diaryl/α,β-unsaturated/α-hetero) is 1. The smallest absolute Gasteiger partial charge is 0.142 e. The zero-order chi connectivity index (χ0) is 13.7.